The summed E-state index contributed by atoms with van der Waals surface area (Å²) in [4.78, 5) is 14.3. The molecular weight excluding hydrogens is 348 g/mol. The van der Waals surface area contributed by atoms with Crippen LogP contribution in [0.2, 0.25) is 5.02 Å². The molecule has 0 saturated carbocycles. The molecule has 2 N–H and O–H groups in total. The van der Waals surface area contributed by atoms with E-state index in [1.165, 1.54) is 0 Å². The van der Waals surface area contributed by atoms with Crippen LogP contribution in [0.15, 0.2) is 48.5 Å². The number of benzene rings is 2. The molecule has 134 valence electrons. The number of amides is 1. The molecule has 0 spiro atoms. The second kappa shape index (κ2) is 8.70. The summed E-state index contributed by atoms with van der Waals surface area (Å²) in [6.45, 7) is 2.14. The molecule has 0 aromatic heterocycles. The zero-order valence-corrected chi connectivity index (χ0v) is 15.2. The Labute approximate surface area is 158 Å². The number of halogens is 1. The third-order valence-electron chi connectivity index (χ3n) is 4.47. The molecule has 0 bridgehead atoms. The molecule has 0 aliphatic carbocycles. The number of piperidine rings is 1. The molecule has 1 amide bonds. The highest BCUT2D eigenvalue weighted by Crippen LogP contribution is 2.23. The molecule has 26 heavy (non-hydrogen) atoms. The molecule has 2 aromatic rings. The second-order valence-electron chi connectivity index (χ2n) is 6.42. The highest BCUT2D eigenvalue weighted by Gasteiger charge is 2.21. The van der Waals surface area contributed by atoms with Gasteiger partial charge in [0.15, 0.2) is 0 Å². The van der Waals surface area contributed by atoms with Crippen LogP contribution in [-0.2, 0) is 4.79 Å². The van der Waals surface area contributed by atoms with Crippen LogP contribution in [0.4, 0.5) is 11.4 Å². The van der Waals surface area contributed by atoms with E-state index in [1.807, 2.05) is 36.4 Å². The van der Waals surface area contributed by atoms with E-state index < -0.39 is 0 Å². The lowest BCUT2D eigenvalue weighted by Crippen LogP contribution is -2.42. The van der Waals surface area contributed by atoms with Crippen molar-refractivity contribution in [1.29, 1.82) is 5.26 Å². The highest BCUT2D eigenvalue weighted by molar-refractivity contribution is 6.32. The van der Waals surface area contributed by atoms with Crippen LogP contribution in [0.5, 0.6) is 0 Å². The van der Waals surface area contributed by atoms with Crippen LogP contribution >= 0.6 is 11.6 Å². The van der Waals surface area contributed by atoms with Gasteiger partial charge in [-0.05, 0) is 43.2 Å². The first-order valence-electron chi connectivity index (χ1n) is 8.67. The fourth-order valence-electron chi connectivity index (χ4n) is 3.09. The topological polar surface area (TPSA) is 68.2 Å². The third-order valence-corrected chi connectivity index (χ3v) is 4.79. The zero-order valence-electron chi connectivity index (χ0n) is 14.4. The largest absolute Gasteiger partial charge is 0.382 e. The van der Waals surface area contributed by atoms with Crippen molar-refractivity contribution in [2.24, 2.45) is 0 Å². The second-order valence-corrected chi connectivity index (χ2v) is 6.82. The number of likely N-dealkylation sites (tertiary alicyclic amines) is 1. The number of para-hydroxylation sites is 1. The maximum absolute atomic E-state index is 12.1. The Morgan fingerprint density at radius 1 is 1.15 bits per heavy atom. The van der Waals surface area contributed by atoms with Gasteiger partial charge in [0.25, 0.3) is 0 Å². The fraction of sp³-hybridized carbons (Fsp3) is 0.300. The number of carbonyl (C=O) groups is 1. The molecule has 3 rings (SSSR count). The van der Waals surface area contributed by atoms with Crippen LogP contribution in [0.1, 0.15) is 18.4 Å². The van der Waals surface area contributed by atoms with Gasteiger partial charge in [0, 0.05) is 30.5 Å². The number of rotatable bonds is 5. The van der Waals surface area contributed by atoms with Gasteiger partial charge in [-0.1, -0.05) is 29.8 Å². The number of nitrogens with one attached hydrogen (secondary N) is 2. The SMILES string of the molecule is N#Cc1ccc(NC2CCN(CC(=O)Nc3ccccc3)CC2)cc1Cl. The summed E-state index contributed by atoms with van der Waals surface area (Å²) in [5, 5.41) is 15.8. The van der Waals surface area contributed by atoms with Crippen molar-refractivity contribution in [1.82, 2.24) is 4.90 Å². The van der Waals surface area contributed by atoms with Gasteiger partial charge in [-0.3, -0.25) is 9.69 Å². The molecule has 1 fully saturated rings. The molecule has 1 heterocycles. The van der Waals surface area contributed by atoms with Crippen molar-refractivity contribution >= 4 is 28.9 Å². The standard InChI is InChI=1S/C20H21ClN4O/c21-19-12-18(7-6-15(19)13-22)23-17-8-10-25(11-9-17)14-20(26)24-16-4-2-1-3-5-16/h1-7,12,17,23H,8-11,14H2,(H,24,26). The number of nitriles is 1. The molecule has 1 aliphatic rings. The summed E-state index contributed by atoms with van der Waals surface area (Å²) in [6.07, 6.45) is 1.91. The van der Waals surface area contributed by atoms with Crippen molar-refractivity contribution in [2.45, 2.75) is 18.9 Å². The quantitative estimate of drug-likeness (QED) is 0.843. The Balaban J connectivity index is 1.45. The van der Waals surface area contributed by atoms with E-state index in [0.717, 1.165) is 37.3 Å². The number of hydrogen-bond acceptors (Lipinski definition) is 4. The van der Waals surface area contributed by atoms with Gasteiger partial charge in [-0.15, -0.1) is 0 Å². The van der Waals surface area contributed by atoms with Gasteiger partial charge in [0.2, 0.25) is 5.91 Å². The van der Waals surface area contributed by atoms with Crippen molar-refractivity contribution < 1.29 is 4.79 Å². The smallest absolute Gasteiger partial charge is 0.238 e. The van der Waals surface area contributed by atoms with Crippen LogP contribution in [0.3, 0.4) is 0 Å². The van der Waals surface area contributed by atoms with Gasteiger partial charge in [-0.25, -0.2) is 0 Å². The van der Waals surface area contributed by atoms with Gasteiger partial charge < -0.3 is 10.6 Å². The maximum atomic E-state index is 12.1. The Kier molecular flexibility index (Phi) is 6.11. The summed E-state index contributed by atoms with van der Waals surface area (Å²) >= 11 is 6.08. The van der Waals surface area contributed by atoms with Gasteiger partial charge in [-0.2, -0.15) is 5.26 Å². The number of hydrogen-bond donors (Lipinski definition) is 2. The van der Waals surface area contributed by atoms with Crippen LogP contribution < -0.4 is 10.6 Å². The van der Waals surface area contributed by atoms with Crippen LogP contribution in [-0.4, -0.2) is 36.5 Å². The average Bonchev–Trinajstić information content (AvgIpc) is 2.64. The first-order valence-corrected chi connectivity index (χ1v) is 9.05. The maximum Gasteiger partial charge on any atom is 0.238 e. The van der Waals surface area contributed by atoms with E-state index in [2.05, 4.69) is 21.6 Å². The molecule has 0 atom stereocenters. The van der Waals surface area contributed by atoms with Crippen molar-refractivity contribution in [3.63, 3.8) is 0 Å². The van der Waals surface area contributed by atoms with Gasteiger partial charge >= 0.3 is 0 Å². The minimum atomic E-state index is 0.0153. The lowest BCUT2D eigenvalue weighted by Gasteiger charge is -2.32. The first kappa shape index (κ1) is 18.2. The van der Waals surface area contributed by atoms with Crippen molar-refractivity contribution in [3.8, 4) is 6.07 Å². The Morgan fingerprint density at radius 2 is 1.88 bits per heavy atom. The van der Waals surface area contributed by atoms with E-state index >= 15 is 0 Å². The molecule has 0 unspecified atom stereocenters. The molecule has 6 heteroatoms. The molecule has 1 aliphatic heterocycles. The van der Waals surface area contributed by atoms with E-state index in [4.69, 9.17) is 16.9 Å². The van der Waals surface area contributed by atoms with Crippen LogP contribution in [0, 0.1) is 11.3 Å². The number of nitrogens with zero attached hydrogens (tertiary/aromatic N) is 2. The Morgan fingerprint density at radius 3 is 2.54 bits per heavy atom. The Hall–Kier alpha value is -2.55. The number of anilines is 2. The predicted octanol–water partition coefficient (Wildman–Crippen LogP) is 3.73. The lowest BCUT2D eigenvalue weighted by atomic mass is 10.0. The van der Waals surface area contributed by atoms with Crippen molar-refractivity contribution in [2.75, 3.05) is 30.3 Å². The summed E-state index contributed by atoms with van der Waals surface area (Å²) in [6, 6.07) is 17.3. The molecular formula is C20H21ClN4O. The summed E-state index contributed by atoms with van der Waals surface area (Å²) < 4.78 is 0. The van der Waals surface area contributed by atoms with E-state index in [-0.39, 0.29) is 5.91 Å². The summed E-state index contributed by atoms with van der Waals surface area (Å²) in [5.74, 6) is 0.0153. The van der Waals surface area contributed by atoms with E-state index in [9.17, 15) is 4.79 Å². The predicted molar refractivity (Wildman–Crippen MR) is 104 cm³/mol. The van der Waals surface area contributed by atoms with E-state index in [0.29, 0.717) is 23.2 Å². The molecule has 1 saturated heterocycles. The monoisotopic (exact) mass is 368 g/mol. The van der Waals surface area contributed by atoms with Crippen molar-refractivity contribution in [3.05, 3.63) is 59.1 Å². The molecule has 0 radical (unpaired) electrons. The fourth-order valence-corrected chi connectivity index (χ4v) is 3.31. The highest BCUT2D eigenvalue weighted by atomic mass is 35.5. The van der Waals surface area contributed by atoms with Crippen LogP contribution in [0.25, 0.3) is 0 Å². The Bertz CT molecular complexity index is 795. The zero-order chi connectivity index (χ0) is 18.4. The minimum Gasteiger partial charge on any atom is -0.382 e. The normalized spacial score (nSPS) is 15.2. The third kappa shape index (κ3) is 4.98. The molecule has 2 aromatic carbocycles. The molecule has 5 nitrogen and oxygen atoms in total. The minimum absolute atomic E-state index is 0.0153. The lowest BCUT2D eigenvalue weighted by molar-refractivity contribution is -0.117. The average molecular weight is 369 g/mol. The van der Waals surface area contributed by atoms with Gasteiger partial charge in [0.05, 0.1) is 17.1 Å². The number of carbonyl (C=O) groups excluding carboxylic acids is 1. The summed E-state index contributed by atoms with van der Waals surface area (Å²) in [5.41, 5.74) is 2.23. The first-order chi connectivity index (χ1) is 12.6. The van der Waals surface area contributed by atoms with E-state index in [1.54, 1.807) is 12.1 Å². The van der Waals surface area contributed by atoms with Gasteiger partial charge in [0.1, 0.15) is 6.07 Å². The summed E-state index contributed by atoms with van der Waals surface area (Å²) in [7, 11) is 0.